The van der Waals surface area contributed by atoms with Gasteiger partial charge in [-0.2, -0.15) is 4.98 Å². The molecule has 0 radical (unpaired) electrons. The van der Waals surface area contributed by atoms with Gasteiger partial charge in [-0.1, -0.05) is 46.6 Å². The molecule has 2 aromatic carbocycles. The van der Waals surface area contributed by atoms with Crippen LogP contribution < -0.4 is 0 Å². The number of amides is 1. The summed E-state index contributed by atoms with van der Waals surface area (Å²) in [5.41, 5.74) is 2.77. The standard InChI is InChI=1S/C24H23ClN4O3/c1-15-3-5-17(6-4-15)22-26-23(32-27-22)16(2)28-9-11-29(12-10-28)24(30)21-14-18-13-19(25)7-8-20(18)31-21/h3-8,13-14,16H,9-12H2,1-2H3. The van der Waals surface area contributed by atoms with Crippen LogP contribution in [-0.2, 0) is 0 Å². The third kappa shape index (κ3) is 4.01. The summed E-state index contributed by atoms with van der Waals surface area (Å²) in [5, 5.41) is 5.59. The van der Waals surface area contributed by atoms with Crippen molar-refractivity contribution in [3.8, 4) is 11.4 Å². The van der Waals surface area contributed by atoms with E-state index in [4.69, 9.17) is 20.5 Å². The van der Waals surface area contributed by atoms with Crippen LogP contribution in [0.25, 0.3) is 22.4 Å². The fourth-order valence-corrected chi connectivity index (χ4v) is 4.15. The summed E-state index contributed by atoms with van der Waals surface area (Å²) in [5.74, 6) is 1.40. The van der Waals surface area contributed by atoms with Gasteiger partial charge in [0.25, 0.3) is 5.91 Å². The number of aromatic nitrogens is 2. The number of carbonyl (C=O) groups excluding carboxylic acids is 1. The number of piperazine rings is 1. The van der Waals surface area contributed by atoms with Crippen LogP contribution in [0.4, 0.5) is 0 Å². The number of benzene rings is 2. The summed E-state index contributed by atoms with van der Waals surface area (Å²) in [6, 6.07) is 15.1. The Labute approximate surface area is 190 Å². The number of hydrogen-bond acceptors (Lipinski definition) is 6. The average molecular weight is 451 g/mol. The predicted molar refractivity (Wildman–Crippen MR) is 122 cm³/mol. The molecule has 0 saturated carbocycles. The van der Waals surface area contributed by atoms with Crippen LogP contribution in [0.2, 0.25) is 5.02 Å². The molecule has 164 valence electrons. The van der Waals surface area contributed by atoms with Crippen molar-refractivity contribution in [1.82, 2.24) is 19.9 Å². The molecule has 2 aromatic heterocycles. The van der Waals surface area contributed by atoms with Gasteiger partial charge >= 0.3 is 0 Å². The van der Waals surface area contributed by atoms with Crippen molar-refractivity contribution in [3.63, 3.8) is 0 Å². The van der Waals surface area contributed by atoms with E-state index in [-0.39, 0.29) is 11.9 Å². The average Bonchev–Trinajstić information content (AvgIpc) is 3.46. The van der Waals surface area contributed by atoms with Crippen molar-refractivity contribution >= 4 is 28.5 Å². The first kappa shape index (κ1) is 20.7. The summed E-state index contributed by atoms with van der Waals surface area (Å²) in [6.45, 7) is 6.71. The van der Waals surface area contributed by atoms with Crippen LogP contribution in [0, 0.1) is 6.92 Å². The second kappa shape index (κ2) is 8.41. The van der Waals surface area contributed by atoms with Gasteiger partial charge in [0.1, 0.15) is 5.58 Å². The number of hydrogen-bond donors (Lipinski definition) is 0. The van der Waals surface area contributed by atoms with Crippen molar-refractivity contribution in [1.29, 1.82) is 0 Å². The number of furan rings is 1. The highest BCUT2D eigenvalue weighted by atomic mass is 35.5. The molecule has 0 aliphatic carbocycles. The minimum absolute atomic E-state index is 0.0349. The summed E-state index contributed by atoms with van der Waals surface area (Å²) in [4.78, 5) is 21.6. The number of fused-ring (bicyclic) bond motifs is 1. The molecule has 1 amide bonds. The molecule has 5 rings (SSSR count). The topological polar surface area (TPSA) is 75.6 Å². The number of aryl methyl sites for hydroxylation is 1. The van der Waals surface area contributed by atoms with Gasteiger partial charge in [0.2, 0.25) is 11.7 Å². The first-order valence-electron chi connectivity index (χ1n) is 10.6. The van der Waals surface area contributed by atoms with Crippen LogP contribution in [0.5, 0.6) is 0 Å². The Morgan fingerprint density at radius 1 is 1.06 bits per heavy atom. The third-order valence-corrected chi connectivity index (χ3v) is 6.18. The van der Waals surface area contributed by atoms with Crippen molar-refractivity contribution in [2.75, 3.05) is 26.2 Å². The molecular weight excluding hydrogens is 428 g/mol. The van der Waals surface area contributed by atoms with Crippen molar-refractivity contribution in [3.05, 3.63) is 70.8 Å². The van der Waals surface area contributed by atoms with Gasteiger partial charge in [0.05, 0.1) is 6.04 Å². The molecule has 0 spiro atoms. The summed E-state index contributed by atoms with van der Waals surface area (Å²) in [7, 11) is 0. The Morgan fingerprint density at radius 3 is 2.56 bits per heavy atom. The Balaban J connectivity index is 1.23. The first-order chi connectivity index (χ1) is 15.5. The highest BCUT2D eigenvalue weighted by Crippen LogP contribution is 2.26. The number of carbonyl (C=O) groups is 1. The summed E-state index contributed by atoms with van der Waals surface area (Å²) < 4.78 is 11.3. The lowest BCUT2D eigenvalue weighted by molar-refractivity contribution is 0.0526. The molecule has 3 heterocycles. The minimum Gasteiger partial charge on any atom is -0.451 e. The maximum atomic E-state index is 12.9. The van der Waals surface area contributed by atoms with E-state index in [0.29, 0.717) is 54.3 Å². The van der Waals surface area contributed by atoms with Gasteiger partial charge in [-0.15, -0.1) is 0 Å². The van der Waals surface area contributed by atoms with Gasteiger partial charge in [-0.25, -0.2) is 0 Å². The van der Waals surface area contributed by atoms with E-state index < -0.39 is 0 Å². The fourth-order valence-electron chi connectivity index (χ4n) is 3.97. The number of halogens is 1. The molecule has 1 aliphatic rings. The van der Waals surface area contributed by atoms with Crippen LogP contribution in [-0.4, -0.2) is 52.0 Å². The van der Waals surface area contributed by atoms with Gasteiger partial charge in [0, 0.05) is 42.2 Å². The Morgan fingerprint density at radius 2 is 1.81 bits per heavy atom. The SMILES string of the molecule is Cc1ccc(-c2noc(C(C)N3CCN(C(=O)c4cc5cc(Cl)ccc5o4)CC3)n2)cc1. The van der Waals surface area contributed by atoms with Gasteiger partial charge in [-0.3, -0.25) is 9.69 Å². The lowest BCUT2D eigenvalue weighted by Gasteiger charge is -2.36. The van der Waals surface area contributed by atoms with Gasteiger partial charge < -0.3 is 13.8 Å². The number of nitrogens with zero attached hydrogens (tertiary/aromatic N) is 4. The molecule has 32 heavy (non-hydrogen) atoms. The quantitative estimate of drug-likeness (QED) is 0.437. The van der Waals surface area contributed by atoms with Crippen molar-refractivity contribution in [2.45, 2.75) is 19.9 Å². The third-order valence-electron chi connectivity index (χ3n) is 5.95. The van der Waals surface area contributed by atoms with Crippen molar-refractivity contribution in [2.24, 2.45) is 0 Å². The minimum atomic E-state index is -0.107. The van der Waals surface area contributed by atoms with E-state index >= 15 is 0 Å². The molecule has 1 atom stereocenters. The molecule has 0 N–H and O–H groups in total. The van der Waals surface area contributed by atoms with Crippen molar-refractivity contribution < 1.29 is 13.7 Å². The smallest absolute Gasteiger partial charge is 0.289 e. The fraction of sp³-hybridized carbons (Fsp3) is 0.292. The second-order valence-electron chi connectivity index (χ2n) is 8.12. The zero-order chi connectivity index (χ0) is 22.2. The largest absolute Gasteiger partial charge is 0.451 e. The van der Waals surface area contributed by atoms with Crippen LogP contribution in [0.3, 0.4) is 0 Å². The molecule has 1 saturated heterocycles. The van der Waals surface area contributed by atoms with E-state index in [0.717, 1.165) is 10.9 Å². The van der Waals surface area contributed by atoms with Crippen LogP contribution >= 0.6 is 11.6 Å². The molecule has 4 aromatic rings. The normalized spacial score (nSPS) is 15.9. The highest BCUT2D eigenvalue weighted by Gasteiger charge is 2.29. The Bertz CT molecular complexity index is 1260. The van der Waals surface area contributed by atoms with E-state index in [2.05, 4.69) is 15.0 Å². The zero-order valence-corrected chi connectivity index (χ0v) is 18.7. The van der Waals surface area contributed by atoms with Crippen LogP contribution in [0.15, 0.2) is 57.5 Å². The van der Waals surface area contributed by atoms with E-state index in [1.165, 1.54) is 5.56 Å². The molecule has 8 heteroatoms. The Kier molecular flexibility index (Phi) is 5.45. The predicted octanol–water partition coefficient (Wildman–Crippen LogP) is 4.96. The first-order valence-corrected chi connectivity index (χ1v) is 11.0. The molecular formula is C24H23ClN4O3. The lowest BCUT2D eigenvalue weighted by Crippen LogP contribution is -2.49. The van der Waals surface area contributed by atoms with E-state index in [1.807, 2.05) is 43.0 Å². The summed E-state index contributed by atoms with van der Waals surface area (Å²) in [6.07, 6.45) is 0. The van der Waals surface area contributed by atoms with Crippen LogP contribution in [0.1, 0.15) is 35.0 Å². The molecule has 1 unspecified atom stereocenters. The second-order valence-corrected chi connectivity index (χ2v) is 8.56. The number of rotatable bonds is 4. The molecule has 1 aliphatic heterocycles. The molecule has 0 bridgehead atoms. The molecule has 1 fully saturated rings. The summed E-state index contributed by atoms with van der Waals surface area (Å²) >= 11 is 6.04. The highest BCUT2D eigenvalue weighted by molar-refractivity contribution is 6.31. The Hall–Kier alpha value is -3.16. The lowest BCUT2D eigenvalue weighted by atomic mass is 10.1. The maximum absolute atomic E-state index is 12.9. The monoisotopic (exact) mass is 450 g/mol. The zero-order valence-electron chi connectivity index (χ0n) is 17.9. The van der Waals surface area contributed by atoms with E-state index in [1.54, 1.807) is 24.3 Å². The molecule has 7 nitrogen and oxygen atoms in total. The van der Waals surface area contributed by atoms with Gasteiger partial charge in [-0.05, 0) is 38.1 Å². The van der Waals surface area contributed by atoms with E-state index in [9.17, 15) is 4.79 Å². The van der Waals surface area contributed by atoms with Gasteiger partial charge in [0.15, 0.2) is 5.76 Å². The maximum Gasteiger partial charge on any atom is 0.289 e.